The van der Waals surface area contributed by atoms with Crippen LogP contribution in [0.2, 0.25) is 0 Å². The van der Waals surface area contributed by atoms with Gasteiger partial charge in [-0.15, -0.1) is 0 Å². The smallest absolute Gasteiger partial charge is 0.257 e. The number of rotatable bonds is 6. The van der Waals surface area contributed by atoms with Crippen LogP contribution in [0.25, 0.3) is 0 Å². The topological polar surface area (TPSA) is 63.2 Å². The lowest BCUT2D eigenvalue weighted by atomic mass is 10.2. The first-order valence-electron chi connectivity index (χ1n) is 7.93. The number of hydrogen-bond donors (Lipinski definition) is 2. The zero-order chi connectivity index (χ0) is 17.5. The summed E-state index contributed by atoms with van der Waals surface area (Å²) in [5.41, 5.74) is 3.41. The minimum absolute atomic E-state index is 0.174. The van der Waals surface area contributed by atoms with Crippen LogP contribution >= 0.6 is 0 Å². The normalized spacial score (nSPS) is 10.1. The summed E-state index contributed by atoms with van der Waals surface area (Å²) in [6.07, 6.45) is 3.18. The molecular formula is C20H19N3O2. The lowest BCUT2D eigenvalue weighted by Gasteiger charge is -2.09. The second-order valence-electron chi connectivity index (χ2n) is 5.47. The fourth-order valence-corrected chi connectivity index (χ4v) is 2.32. The van der Waals surface area contributed by atoms with Crippen molar-refractivity contribution in [1.29, 1.82) is 0 Å². The summed E-state index contributed by atoms with van der Waals surface area (Å²) in [5, 5.41) is 6.20. The summed E-state index contributed by atoms with van der Waals surface area (Å²) in [4.78, 5) is 16.0. The lowest BCUT2D eigenvalue weighted by Crippen LogP contribution is -2.11. The van der Waals surface area contributed by atoms with E-state index in [0.29, 0.717) is 12.1 Å². The molecule has 0 saturated carbocycles. The molecule has 25 heavy (non-hydrogen) atoms. The number of methoxy groups -OCH3 is 1. The molecule has 1 amide bonds. The molecule has 0 fully saturated rings. The van der Waals surface area contributed by atoms with Crippen LogP contribution in [0.4, 0.5) is 11.4 Å². The van der Waals surface area contributed by atoms with Crippen molar-refractivity contribution in [3.63, 3.8) is 0 Å². The summed E-state index contributed by atoms with van der Waals surface area (Å²) in [5.74, 6) is 0.671. The van der Waals surface area contributed by atoms with Crippen molar-refractivity contribution in [3.8, 4) is 5.75 Å². The van der Waals surface area contributed by atoms with Crippen molar-refractivity contribution < 1.29 is 9.53 Å². The molecule has 3 rings (SSSR count). The van der Waals surface area contributed by atoms with Crippen molar-refractivity contribution in [2.75, 3.05) is 17.7 Å². The molecular weight excluding hydrogens is 314 g/mol. The highest BCUT2D eigenvalue weighted by atomic mass is 16.5. The number of pyridine rings is 1. The van der Waals surface area contributed by atoms with Gasteiger partial charge in [-0.3, -0.25) is 9.78 Å². The second-order valence-corrected chi connectivity index (χ2v) is 5.47. The van der Waals surface area contributed by atoms with E-state index in [0.717, 1.165) is 22.7 Å². The fraction of sp³-hybridized carbons (Fsp3) is 0.100. The lowest BCUT2D eigenvalue weighted by molar-refractivity contribution is 0.102. The van der Waals surface area contributed by atoms with Gasteiger partial charge in [0.25, 0.3) is 5.91 Å². The number of carbonyl (C=O) groups excluding carboxylic acids is 1. The molecule has 0 saturated heterocycles. The molecule has 0 aliphatic rings. The average molecular weight is 333 g/mol. The highest BCUT2D eigenvalue weighted by Crippen LogP contribution is 2.16. The monoisotopic (exact) mass is 333 g/mol. The maximum atomic E-state index is 12.1. The summed E-state index contributed by atoms with van der Waals surface area (Å²) < 4.78 is 5.15. The molecule has 2 N–H and O–H groups in total. The minimum atomic E-state index is -0.174. The maximum absolute atomic E-state index is 12.1. The van der Waals surface area contributed by atoms with Gasteiger partial charge >= 0.3 is 0 Å². The van der Waals surface area contributed by atoms with E-state index in [9.17, 15) is 4.79 Å². The molecule has 0 spiro atoms. The first-order chi connectivity index (χ1) is 12.2. The number of carbonyl (C=O) groups is 1. The van der Waals surface area contributed by atoms with Gasteiger partial charge in [-0.2, -0.15) is 0 Å². The standard InChI is InChI=1S/C20H19N3O2/c1-25-19-10-4-15(5-11-19)13-22-17-6-8-18(9-7-17)23-20(24)16-3-2-12-21-14-16/h2-12,14,22H,13H2,1H3,(H,23,24). The summed E-state index contributed by atoms with van der Waals surface area (Å²) in [6.45, 7) is 0.714. The largest absolute Gasteiger partial charge is 0.497 e. The molecule has 3 aromatic rings. The van der Waals surface area contributed by atoms with Crippen LogP contribution in [0.3, 0.4) is 0 Å². The van der Waals surface area contributed by atoms with Crippen LogP contribution in [0.5, 0.6) is 5.75 Å². The molecule has 0 aliphatic heterocycles. The highest BCUT2D eigenvalue weighted by molar-refractivity contribution is 6.04. The van der Waals surface area contributed by atoms with E-state index in [1.165, 1.54) is 0 Å². The molecule has 0 atom stereocenters. The average Bonchev–Trinajstić information content (AvgIpc) is 2.68. The zero-order valence-corrected chi connectivity index (χ0v) is 13.9. The van der Waals surface area contributed by atoms with E-state index >= 15 is 0 Å². The summed E-state index contributed by atoms with van der Waals surface area (Å²) >= 11 is 0. The Balaban J connectivity index is 1.55. The molecule has 126 valence electrons. The molecule has 1 aromatic heterocycles. The molecule has 0 bridgehead atoms. The Morgan fingerprint density at radius 3 is 2.36 bits per heavy atom. The molecule has 0 radical (unpaired) electrons. The third-order valence-electron chi connectivity index (χ3n) is 3.72. The molecule has 0 aliphatic carbocycles. The van der Waals surface area contributed by atoms with E-state index in [1.54, 1.807) is 31.6 Å². The molecule has 0 unspecified atom stereocenters. The Hall–Kier alpha value is -3.34. The summed E-state index contributed by atoms with van der Waals surface area (Å²) in [7, 11) is 1.65. The van der Waals surface area contributed by atoms with E-state index in [2.05, 4.69) is 15.6 Å². The van der Waals surface area contributed by atoms with E-state index in [4.69, 9.17) is 4.74 Å². The number of amides is 1. The Labute approximate surface area is 146 Å². The number of nitrogens with zero attached hydrogens (tertiary/aromatic N) is 1. The molecule has 5 heteroatoms. The van der Waals surface area contributed by atoms with Gasteiger partial charge in [0.15, 0.2) is 0 Å². The predicted molar refractivity (Wildman–Crippen MR) is 99.0 cm³/mol. The first-order valence-corrected chi connectivity index (χ1v) is 7.93. The number of nitrogens with one attached hydrogen (secondary N) is 2. The van der Waals surface area contributed by atoms with Crippen LogP contribution in [0.15, 0.2) is 73.1 Å². The summed E-state index contributed by atoms with van der Waals surface area (Å²) in [6, 6.07) is 19.0. The van der Waals surface area contributed by atoms with Crippen LogP contribution in [0, 0.1) is 0 Å². The zero-order valence-electron chi connectivity index (χ0n) is 13.9. The van der Waals surface area contributed by atoms with Crippen molar-refractivity contribution in [3.05, 3.63) is 84.2 Å². The third kappa shape index (κ3) is 4.57. The van der Waals surface area contributed by atoms with Crippen LogP contribution in [-0.2, 0) is 6.54 Å². The number of ether oxygens (including phenoxy) is 1. The van der Waals surface area contributed by atoms with Gasteiger partial charge in [-0.05, 0) is 54.1 Å². The van der Waals surface area contributed by atoms with E-state index in [1.807, 2.05) is 48.5 Å². The second kappa shape index (κ2) is 7.97. The van der Waals surface area contributed by atoms with Gasteiger partial charge in [0.2, 0.25) is 0 Å². The van der Waals surface area contributed by atoms with Crippen LogP contribution < -0.4 is 15.4 Å². The Morgan fingerprint density at radius 1 is 1.00 bits per heavy atom. The van der Waals surface area contributed by atoms with Gasteiger partial charge < -0.3 is 15.4 Å². The van der Waals surface area contributed by atoms with Gasteiger partial charge in [-0.25, -0.2) is 0 Å². The van der Waals surface area contributed by atoms with E-state index < -0.39 is 0 Å². The van der Waals surface area contributed by atoms with Crippen molar-refractivity contribution >= 4 is 17.3 Å². The van der Waals surface area contributed by atoms with Crippen LogP contribution in [-0.4, -0.2) is 18.0 Å². The Bertz CT molecular complexity index is 816. The van der Waals surface area contributed by atoms with E-state index in [-0.39, 0.29) is 5.91 Å². The number of benzene rings is 2. The van der Waals surface area contributed by atoms with Crippen molar-refractivity contribution in [2.45, 2.75) is 6.54 Å². The third-order valence-corrected chi connectivity index (χ3v) is 3.72. The quantitative estimate of drug-likeness (QED) is 0.717. The molecule has 5 nitrogen and oxygen atoms in total. The maximum Gasteiger partial charge on any atom is 0.257 e. The number of aromatic nitrogens is 1. The Kier molecular flexibility index (Phi) is 5.26. The van der Waals surface area contributed by atoms with Crippen molar-refractivity contribution in [1.82, 2.24) is 4.98 Å². The van der Waals surface area contributed by atoms with Crippen LogP contribution in [0.1, 0.15) is 15.9 Å². The van der Waals surface area contributed by atoms with Gasteiger partial charge in [0, 0.05) is 30.3 Å². The molecule has 1 heterocycles. The highest BCUT2D eigenvalue weighted by Gasteiger charge is 2.05. The predicted octanol–water partition coefficient (Wildman–Crippen LogP) is 3.95. The Morgan fingerprint density at radius 2 is 1.72 bits per heavy atom. The van der Waals surface area contributed by atoms with Gasteiger partial charge in [-0.1, -0.05) is 12.1 Å². The van der Waals surface area contributed by atoms with Gasteiger partial charge in [0.05, 0.1) is 12.7 Å². The van der Waals surface area contributed by atoms with Gasteiger partial charge in [0.1, 0.15) is 5.75 Å². The number of anilines is 2. The minimum Gasteiger partial charge on any atom is -0.497 e. The fourth-order valence-electron chi connectivity index (χ4n) is 2.32. The first kappa shape index (κ1) is 16.5. The number of hydrogen-bond acceptors (Lipinski definition) is 4. The van der Waals surface area contributed by atoms with Crippen molar-refractivity contribution in [2.24, 2.45) is 0 Å². The molecule has 2 aromatic carbocycles. The SMILES string of the molecule is COc1ccc(CNc2ccc(NC(=O)c3cccnc3)cc2)cc1.